The molecule has 23 heavy (non-hydrogen) atoms. The maximum absolute atomic E-state index is 11.9. The van der Waals surface area contributed by atoms with Crippen LogP contribution in [0.5, 0.6) is 11.5 Å². The Morgan fingerprint density at radius 2 is 1.91 bits per heavy atom. The first-order valence-electron chi connectivity index (χ1n) is 7.08. The molecule has 118 valence electrons. The predicted molar refractivity (Wildman–Crippen MR) is 85.9 cm³/mol. The molecule has 0 radical (unpaired) electrons. The van der Waals surface area contributed by atoms with Crippen LogP contribution in [0.25, 0.3) is 11.1 Å². The SMILES string of the molecule is COc1ccc(OCC(=O)Nc2nc3ccc(C)cc3o2)cc1. The second-order valence-corrected chi connectivity index (χ2v) is 5.00. The van der Waals surface area contributed by atoms with Crippen LogP contribution in [0.2, 0.25) is 0 Å². The fourth-order valence-electron chi connectivity index (χ4n) is 2.06. The van der Waals surface area contributed by atoms with Crippen molar-refractivity contribution in [3.63, 3.8) is 0 Å². The van der Waals surface area contributed by atoms with Crippen LogP contribution in [0.1, 0.15) is 5.56 Å². The molecular formula is C17H16N2O4. The quantitative estimate of drug-likeness (QED) is 0.783. The minimum Gasteiger partial charge on any atom is -0.497 e. The van der Waals surface area contributed by atoms with Crippen LogP contribution in [0, 0.1) is 6.92 Å². The van der Waals surface area contributed by atoms with E-state index in [1.807, 2.05) is 25.1 Å². The van der Waals surface area contributed by atoms with Crippen LogP contribution in [0.4, 0.5) is 6.01 Å². The second kappa shape index (κ2) is 6.39. The van der Waals surface area contributed by atoms with Gasteiger partial charge in [0.25, 0.3) is 5.91 Å². The monoisotopic (exact) mass is 312 g/mol. The normalized spacial score (nSPS) is 10.5. The van der Waals surface area contributed by atoms with Gasteiger partial charge in [0.05, 0.1) is 7.11 Å². The number of oxazole rings is 1. The number of ether oxygens (including phenoxy) is 2. The Bertz CT molecular complexity index is 824. The number of carbonyl (C=O) groups excluding carboxylic acids is 1. The van der Waals surface area contributed by atoms with Crippen LogP contribution in [-0.4, -0.2) is 24.6 Å². The molecule has 0 unspecified atom stereocenters. The molecule has 0 aliphatic carbocycles. The summed E-state index contributed by atoms with van der Waals surface area (Å²) in [7, 11) is 1.59. The molecule has 0 saturated heterocycles. The van der Waals surface area contributed by atoms with Crippen molar-refractivity contribution in [1.29, 1.82) is 0 Å². The Morgan fingerprint density at radius 3 is 2.65 bits per heavy atom. The first kappa shape index (κ1) is 14.9. The van der Waals surface area contributed by atoms with E-state index in [0.717, 1.165) is 11.3 Å². The maximum atomic E-state index is 11.9. The number of aryl methyl sites for hydroxylation is 1. The van der Waals surface area contributed by atoms with E-state index in [0.29, 0.717) is 16.8 Å². The number of rotatable bonds is 5. The molecule has 0 atom stereocenters. The van der Waals surface area contributed by atoms with Crippen molar-refractivity contribution in [3.8, 4) is 11.5 Å². The molecule has 0 fully saturated rings. The van der Waals surface area contributed by atoms with Gasteiger partial charge in [-0.2, -0.15) is 4.98 Å². The van der Waals surface area contributed by atoms with E-state index in [1.54, 1.807) is 31.4 Å². The lowest BCUT2D eigenvalue weighted by Gasteiger charge is -2.06. The van der Waals surface area contributed by atoms with Gasteiger partial charge in [0.1, 0.15) is 17.0 Å². The summed E-state index contributed by atoms with van der Waals surface area (Å²) in [6.45, 7) is 1.83. The van der Waals surface area contributed by atoms with Crippen LogP contribution >= 0.6 is 0 Å². The number of amides is 1. The van der Waals surface area contributed by atoms with Crippen LogP contribution in [0.15, 0.2) is 46.9 Å². The zero-order valence-electron chi connectivity index (χ0n) is 12.8. The summed E-state index contributed by atoms with van der Waals surface area (Å²) in [6, 6.07) is 12.8. The highest BCUT2D eigenvalue weighted by molar-refractivity contribution is 5.91. The largest absolute Gasteiger partial charge is 0.497 e. The van der Waals surface area contributed by atoms with Gasteiger partial charge in [-0.15, -0.1) is 0 Å². The predicted octanol–water partition coefficient (Wildman–Crippen LogP) is 3.16. The molecule has 1 aromatic heterocycles. The van der Waals surface area contributed by atoms with Crippen molar-refractivity contribution in [1.82, 2.24) is 4.98 Å². The van der Waals surface area contributed by atoms with Crippen molar-refractivity contribution in [2.75, 3.05) is 19.0 Å². The van der Waals surface area contributed by atoms with Gasteiger partial charge in [-0.3, -0.25) is 10.1 Å². The number of methoxy groups -OCH3 is 1. The van der Waals surface area contributed by atoms with E-state index >= 15 is 0 Å². The summed E-state index contributed by atoms with van der Waals surface area (Å²) < 4.78 is 15.9. The molecule has 2 aromatic carbocycles. The van der Waals surface area contributed by atoms with E-state index in [2.05, 4.69) is 10.3 Å². The Hall–Kier alpha value is -3.02. The number of benzene rings is 2. The van der Waals surface area contributed by atoms with Gasteiger partial charge >= 0.3 is 6.01 Å². The molecule has 3 rings (SSSR count). The van der Waals surface area contributed by atoms with Crippen molar-refractivity contribution >= 4 is 23.0 Å². The number of aromatic nitrogens is 1. The van der Waals surface area contributed by atoms with Crippen LogP contribution < -0.4 is 14.8 Å². The highest BCUT2D eigenvalue weighted by atomic mass is 16.5. The molecule has 1 amide bonds. The first-order chi connectivity index (χ1) is 11.1. The number of hydrogen-bond donors (Lipinski definition) is 1. The van der Waals surface area contributed by atoms with E-state index in [9.17, 15) is 4.79 Å². The van der Waals surface area contributed by atoms with Gasteiger partial charge in [-0.25, -0.2) is 0 Å². The lowest BCUT2D eigenvalue weighted by Crippen LogP contribution is -2.20. The lowest BCUT2D eigenvalue weighted by atomic mass is 10.2. The fourth-order valence-corrected chi connectivity index (χ4v) is 2.06. The smallest absolute Gasteiger partial charge is 0.302 e. The third-order valence-corrected chi connectivity index (χ3v) is 3.22. The average molecular weight is 312 g/mol. The number of hydrogen-bond acceptors (Lipinski definition) is 5. The molecule has 0 bridgehead atoms. The lowest BCUT2D eigenvalue weighted by molar-refractivity contribution is -0.118. The summed E-state index contributed by atoms with van der Waals surface area (Å²) in [5.41, 5.74) is 2.40. The Labute approximate surface area is 133 Å². The van der Waals surface area contributed by atoms with Crippen molar-refractivity contribution in [2.45, 2.75) is 6.92 Å². The highest BCUT2D eigenvalue weighted by Gasteiger charge is 2.10. The van der Waals surface area contributed by atoms with Crippen LogP contribution in [0.3, 0.4) is 0 Å². The maximum Gasteiger partial charge on any atom is 0.302 e. The zero-order valence-corrected chi connectivity index (χ0v) is 12.8. The molecule has 0 aliphatic rings. The molecule has 1 heterocycles. The highest BCUT2D eigenvalue weighted by Crippen LogP contribution is 2.20. The molecule has 6 nitrogen and oxygen atoms in total. The van der Waals surface area contributed by atoms with Crippen molar-refractivity contribution in [2.24, 2.45) is 0 Å². The van der Waals surface area contributed by atoms with Crippen LogP contribution in [-0.2, 0) is 4.79 Å². The Kier molecular flexibility index (Phi) is 4.14. The number of anilines is 1. The Balaban J connectivity index is 1.59. The third kappa shape index (κ3) is 3.60. The van der Waals surface area contributed by atoms with Crippen molar-refractivity contribution in [3.05, 3.63) is 48.0 Å². The molecule has 0 aliphatic heterocycles. The molecule has 0 saturated carbocycles. The van der Waals surface area contributed by atoms with E-state index < -0.39 is 0 Å². The van der Waals surface area contributed by atoms with Gasteiger partial charge in [-0.05, 0) is 48.9 Å². The van der Waals surface area contributed by atoms with Gasteiger partial charge < -0.3 is 13.9 Å². The zero-order chi connectivity index (χ0) is 16.2. The minimum absolute atomic E-state index is 0.135. The van der Waals surface area contributed by atoms with E-state index in [-0.39, 0.29) is 18.5 Å². The van der Waals surface area contributed by atoms with Gasteiger partial charge in [0.15, 0.2) is 12.2 Å². The average Bonchev–Trinajstić information content (AvgIpc) is 2.94. The number of nitrogens with one attached hydrogen (secondary N) is 1. The van der Waals surface area contributed by atoms with Gasteiger partial charge in [0, 0.05) is 0 Å². The number of fused-ring (bicyclic) bond motifs is 1. The Morgan fingerprint density at radius 1 is 1.17 bits per heavy atom. The molecule has 1 N–H and O–H groups in total. The number of nitrogens with zero attached hydrogens (tertiary/aromatic N) is 1. The summed E-state index contributed by atoms with van der Waals surface area (Å²) in [4.78, 5) is 16.1. The molecular weight excluding hydrogens is 296 g/mol. The van der Waals surface area contributed by atoms with E-state index in [1.165, 1.54) is 0 Å². The summed E-state index contributed by atoms with van der Waals surface area (Å²) in [6.07, 6.45) is 0. The van der Waals surface area contributed by atoms with E-state index in [4.69, 9.17) is 13.9 Å². The van der Waals surface area contributed by atoms with Crippen molar-refractivity contribution < 1.29 is 18.7 Å². The number of carbonyl (C=O) groups is 1. The summed E-state index contributed by atoms with van der Waals surface area (Å²) >= 11 is 0. The topological polar surface area (TPSA) is 73.6 Å². The standard InChI is InChI=1S/C17H16N2O4/c1-11-3-8-14-15(9-11)23-17(18-14)19-16(20)10-22-13-6-4-12(21-2)5-7-13/h3-9H,10H2,1-2H3,(H,18,19,20). The summed E-state index contributed by atoms with van der Waals surface area (Å²) in [5, 5.41) is 2.58. The second-order valence-electron chi connectivity index (χ2n) is 5.00. The third-order valence-electron chi connectivity index (χ3n) is 3.22. The van der Waals surface area contributed by atoms with Gasteiger partial charge in [0.2, 0.25) is 0 Å². The first-order valence-corrected chi connectivity index (χ1v) is 7.08. The summed E-state index contributed by atoms with van der Waals surface area (Å²) in [5.74, 6) is 0.960. The van der Waals surface area contributed by atoms with Gasteiger partial charge in [-0.1, -0.05) is 6.07 Å². The molecule has 6 heteroatoms. The molecule has 3 aromatic rings. The minimum atomic E-state index is -0.343. The fraction of sp³-hybridized carbons (Fsp3) is 0.176. The molecule has 0 spiro atoms.